The summed E-state index contributed by atoms with van der Waals surface area (Å²) in [6.07, 6.45) is -0.293. The first kappa shape index (κ1) is 23.1. The quantitative estimate of drug-likeness (QED) is 0.598. The van der Waals surface area contributed by atoms with Crippen LogP contribution in [0.15, 0.2) is 54.6 Å². The van der Waals surface area contributed by atoms with Crippen LogP contribution in [0.1, 0.15) is 10.4 Å². The molecule has 0 aliphatic carbocycles. The monoisotopic (exact) mass is 441 g/mol. The number of nitrogens with one attached hydrogen (secondary N) is 2. The zero-order valence-corrected chi connectivity index (χ0v) is 17.9. The van der Waals surface area contributed by atoms with Crippen molar-refractivity contribution in [2.24, 2.45) is 0 Å². The van der Waals surface area contributed by atoms with Crippen molar-refractivity contribution in [3.63, 3.8) is 0 Å². The van der Waals surface area contributed by atoms with E-state index in [0.717, 1.165) is 0 Å². The Hall–Kier alpha value is -3.59. The third-order valence-electron chi connectivity index (χ3n) is 4.87. The van der Waals surface area contributed by atoms with Gasteiger partial charge in [-0.2, -0.15) is 0 Å². The maximum Gasteiger partial charge on any atom is 0.251 e. The van der Waals surface area contributed by atoms with Crippen molar-refractivity contribution < 1.29 is 28.6 Å². The molecule has 1 heterocycles. The first-order valence-corrected chi connectivity index (χ1v) is 10.3. The molecule has 2 N–H and O–H groups in total. The van der Waals surface area contributed by atoms with Crippen LogP contribution in [0.3, 0.4) is 0 Å². The third kappa shape index (κ3) is 6.71. The number of carbonyl (C=O) groups excluding carboxylic acids is 3. The summed E-state index contributed by atoms with van der Waals surface area (Å²) in [5, 5.41) is 5.07. The molecule has 0 bridgehead atoms. The molecular weight excluding hydrogens is 414 g/mol. The average molecular weight is 441 g/mol. The highest BCUT2D eigenvalue weighted by molar-refractivity contribution is 5.96. The van der Waals surface area contributed by atoms with E-state index in [2.05, 4.69) is 10.6 Å². The minimum absolute atomic E-state index is 0.153. The Balaban J connectivity index is 1.39. The highest BCUT2D eigenvalue weighted by Crippen LogP contribution is 2.26. The van der Waals surface area contributed by atoms with Crippen molar-refractivity contribution in [2.45, 2.75) is 6.10 Å². The van der Waals surface area contributed by atoms with E-state index in [4.69, 9.17) is 14.2 Å². The number of para-hydroxylation sites is 2. The molecule has 9 nitrogen and oxygen atoms in total. The lowest BCUT2D eigenvalue weighted by Gasteiger charge is -2.33. The molecule has 0 saturated carbocycles. The fourth-order valence-corrected chi connectivity index (χ4v) is 3.17. The number of hydrogen-bond donors (Lipinski definition) is 2. The number of morpholine rings is 1. The number of amides is 3. The van der Waals surface area contributed by atoms with Crippen LogP contribution in [0.25, 0.3) is 0 Å². The van der Waals surface area contributed by atoms with E-state index in [1.54, 1.807) is 54.5 Å². The van der Waals surface area contributed by atoms with E-state index >= 15 is 0 Å². The summed E-state index contributed by atoms with van der Waals surface area (Å²) in [7, 11) is 1.57. The van der Waals surface area contributed by atoms with Crippen molar-refractivity contribution in [2.75, 3.05) is 46.5 Å². The maximum absolute atomic E-state index is 12.5. The number of carbonyl (C=O) groups is 3. The van der Waals surface area contributed by atoms with Crippen molar-refractivity contribution in [1.29, 1.82) is 0 Å². The third-order valence-corrected chi connectivity index (χ3v) is 4.87. The van der Waals surface area contributed by atoms with Gasteiger partial charge < -0.3 is 29.7 Å². The molecule has 2 aromatic rings. The normalized spacial score (nSPS) is 15.5. The van der Waals surface area contributed by atoms with Gasteiger partial charge in [0.05, 0.1) is 33.4 Å². The molecular formula is C23H27N3O6. The highest BCUT2D eigenvalue weighted by atomic mass is 16.5. The van der Waals surface area contributed by atoms with Crippen molar-refractivity contribution in [1.82, 2.24) is 15.5 Å². The molecule has 1 fully saturated rings. The van der Waals surface area contributed by atoms with E-state index in [1.807, 2.05) is 12.1 Å². The Bertz CT molecular complexity index is 921. The van der Waals surface area contributed by atoms with Gasteiger partial charge in [-0.05, 0) is 24.3 Å². The second-order valence-corrected chi connectivity index (χ2v) is 7.12. The first-order valence-electron chi connectivity index (χ1n) is 10.3. The van der Waals surface area contributed by atoms with Gasteiger partial charge in [-0.15, -0.1) is 0 Å². The summed E-state index contributed by atoms with van der Waals surface area (Å²) in [6, 6.07) is 15.9. The van der Waals surface area contributed by atoms with Crippen LogP contribution in [0.2, 0.25) is 0 Å². The molecule has 0 radical (unpaired) electrons. The summed E-state index contributed by atoms with van der Waals surface area (Å²) in [4.78, 5) is 38.1. The Kier molecular flexibility index (Phi) is 8.44. The number of nitrogens with zero attached hydrogens (tertiary/aromatic N) is 1. The summed E-state index contributed by atoms with van der Waals surface area (Å²) in [6.45, 7) is 1.08. The Labute approximate surface area is 186 Å². The molecule has 170 valence electrons. The Morgan fingerprint density at radius 1 is 1.00 bits per heavy atom. The van der Waals surface area contributed by atoms with Gasteiger partial charge in [0.2, 0.25) is 11.8 Å². The lowest BCUT2D eigenvalue weighted by molar-refractivity contribution is -0.140. The second-order valence-electron chi connectivity index (χ2n) is 7.12. The molecule has 1 saturated heterocycles. The zero-order valence-electron chi connectivity index (χ0n) is 17.9. The molecule has 3 amide bonds. The minimum atomic E-state index is -0.438. The lowest BCUT2D eigenvalue weighted by atomic mass is 10.2. The molecule has 32 heavy (non-hydrogen) atoms. The van der Waals surface area contributed by atoms with Crippen LogP contribution in [-0.4, -0.2) is 75.2 Å². The molecule has 0 aromatic heterocycles. The van der Waals surface area contributed by atoms with Crippen LogP contribution in [0, 0.1) is 0 Å². The smallest absolute Gasteiger partial charge is 0.251 e. The van der Waals surface area contributed by atoms with Crippen LogP contribution in [0.5, 0.6) is 11.5 Å². The van der Waals surface area contributed by atoms with Gasteiger partial charge in [0.25, 0.3) is 5.91 Å². The van der Waals surface area contributed by atoms with Crippen LogP contribution >= 0.6 is 0 Å². The molecule has 2 aromatic carbocycles. The fraction of sp³-hybridized carbons (Fsp3) is 0.348. The number of methoxy groups -OCH3 is 1. The molecule has 0 unspecified atom stereocenters. The topological polar surface area (TPSA) is 106 Å². The molecule has 9 heteroatoms. The van der Waals surface area contributed by atoms with Gasteiger partial charge in [-0.25, -0.2) is 0 Å². The summed E-state index contributed by atoms with van der Waals surface area (Å²) < 4.78 is 16.7. The molecule has 0 spiro atoms. The van der Waals surface area contributed by atoms with E-state index in [0.29, 0.717) is 36.8 Å². The van der Waals surface area contributed by atoms with Gasteiger partial charge in [-0.3, -0.25) is 14.4 Å². The van der Waals surface area contributed by atoms with E-state index in [-0.39, 0.29) is 37.6 Å². The number of rotatable bonds is 9. The van der Waals surface area contributed by atoms with Crippen molar-refractivity contribution in [3.05, 3.63) is 60.2 Å². The fourth-order valence-electron chi connectivity index (χ4n) is 3.17. The molecule has 1 aliphatic rings. The van der Waals surface area contributed by atoms with Gasteiger partial charge in [0, 0.05) is 12.1 Å². The summed E-state index contributed by atoms with van der Waals surface area (Å²) in [5.41, 5.74) is 0.464. The average Bonchev–Trinajstić information content (AvgIpc) is 2.85. The lowest BCUT2D eigenvalue weighted by Crippen LogP contribution is -2.51. The highest BCUT2D eigenvalue weighted by Gasteiger charge is 2.25. The number of benzene rings is 2. The van der Waals surface area contributed by atoms with Gasteiger partial charge in [-0.1, -0.05) is 30.3 Å². The van der Waals surface area contributed by atoms with E-state index < -0.39 is 5.91 Å². The maximum atomic E-state index is 12.5. The molecule has 1 aliphatic heterocycles. The Morgan fingerprint density at radius 2 is 1.72 bits per heavy atom. The van der Waals surface area contributed by atoms with Crippen LogP contribution < -0.4 is 20.1 Å². The van der Waals surface area contributed by atoms with Gasteiger partial charge in [0.15, 0.2) is 11.5 Å². The van der Waals surface area contributed by atoms with Crippen molar-refractivity contribution in [3.8, 4) is 11.5 Å². The molecule has 3 rings (SSSR count). The van der Waals surface area contributed by atoms with Gasteiger partial charge in [0.1, 0.15) is 12.7 Å². The standard InChI is InChI=1S/C23H27N3O6/c1-30-19-9-5-6-10-20(19)32-16-18-15-26(11-12-31-18)22(28)14-24-21(27)13-25-23(29)17-7-3-2-4-8-17/h2-10,18H,11-16H2,1H3,(H,24,27)(H,25,29)/t18-/m1/s1. The second kappa shape index (κ2) is 11.7. The van der Waals surface area contributed by atoms with Crippen LogP contribution in [-0.2, 0) is 14.3 Å². The predicted molar refractivity (Wildman–Crippen MR) is 117 cm³/mol. The van der Waals surface area contributed by atoms with Crippen LogP contribution in [0.4, 0.5) is 0 Å². The van der Waals surface area contributed by atoms with E-state index in [9.17, 15) is 14.4 Å². The van der Waals surface area contributed by atoms with Crippen molar-refractivity contribution >= 4 is 17.7 Å². The SMILES string of the molecule is COc1ccccc1OC[C@H]1CN(C(=O)CNC(=O)CNC(=O)c2ccccc2)CCO1. The summed E-state index contributed by atoms with van der Waals surface area (Å²) in [5.74, 6) is 0.216. The minimum Gasteiger partial charge on any atom is -0.493 e. The van der Waals surface area contributed by atoms with E-state index in [1.165, 1.54) is 0 Å². The molecule has 1 atom stereocenters. The van der Waals surface area contributed by atoms with Gasteiger partial charge >= 0.3 is 0 Å². The number of hydrogen-bond acceptors (Lipinski definition) is 6. The predicted octanol–water partition coefficient (Wildman–Crippen LogP) is 0.848. The Morgan fingerprint density at radius 3 is 2.47 bits per heavy atom. The first-order chi connectivity index (χ1) is 15.6. The number of ether oxygens (including phenoxy) is 3. The largest absolute Gasteiger partial charge is 0.493 e. The zero-order chi connectivity index (χ0) is 22.8. The summed E-state index contributed by atoms with van der Waals surface area (Å²) >= 11 is 0.